The highest BCUT2D eigenvalue weighted by molar-refractivity contribution is 9.10. The molecule has 3 aromatic rings. The van der Waals surface area contributed by atoms with E-state index in [4.69, 9.17) is 5.73 Å². The predicted octanol–water partition coefficient (Wildman–Crippen LogP) is 3.85. The van der Waals surface area contributed by atoms with Crippen LogP contribution in [0.4, 0.5) is 0 Å². The molecule has 0 radical (unpaired) electrons. The van der Waals surface area contributed by atoms with Gasteiger partial charge in [0.25, 0.3) is 5.91 Å². The first-order valence-electron chi connectivity index (χ1n) is 8.60. The largest absolute Gasteiger partial charge is 0.368 e. The Labute approximate surface area is 165 Å². The van der Waals surface area contributed by atoms with Crippen LogP contribution in [0.25, 0.3) is 11.1 Å². The van der Waals surface area contributed by atoms with E-state index in [0.717, 1.165) is 26.7 Å². The third-order valence-corrected chi connectivity index (χ3v) is 5.39. The number of hydrogen-bond donors (Lipinski definition) is 2. The van der Waals surface area contributed by atoms with Gasteiger partial charge in [-0.25, -0.2) is 0 Å². The number of nitrogens with one attached hydrogen (secondary N) is 1. The van der Waals surface area contributed by atoms with Crippen LogP contribution in [0, 0.1) is 0 Å². The van der Waals surface area contributed by atoms with Gasteiger partial charge in [0.2, 0.25) is 5.91 Å². The second-order valence-corrected chi connectivity index (χ2v) is 7.43. The minimum absolute atomic E-state index is 0.314. The molecule has 0 saturated carbocycles. The molecule has 0 saturated heterocycles. The average molecular weight is 421 g/mol. The Kier molecular flexibility index (Phi) is 4.54. The van der Waals surface area contributed by atoms with Gasteiger partial charge in [0.1, 0.15) is 6.04 Å². The van der Waals surface area contributed by atoms with Crippen molar-refractivity contribution >= 4 is 27.7 Å². The number of amides is 2. The topological polar surface area (TPSA) is 72.2 Å². The zero-order valence-electron chi connectivity index (χ0n) is 14.4. The number of halogens is 1. The molecule has 5 heteroatoms. The van der Waals surface area contributed by atoms with E-state index in [2.05, 4.69) is 21.2 Å². The van der Waals surface area contributed by atoms with Gasteiger partial charge < -0.3 is 11.1 Å². The molecule has 3 N–H and O–H groups in total. The number of nitrogens with two attached hydrogens (primary N) is 1. The van der Waals surface area contributed by atoms with Crippen molar-refractivity contribution in [3.8, 4) is 11.1 Å². The van der Waals surface area contributed by atoms with E-state index >= 15 is 0 Å². The SMILES string of the molecule is NC(=O)[C@@H](NC(=O)c1cccc(Br)c1)C1c2ccccc2-c2ccccc21. The fourth-order valence-corrected chi connectivity index (χ4v) is 4.13. The summed E-state index contributed by atoms with van der Waals surface area (Å²) in [6.45, 7) is 0. The summed E-state index contributed by atoms with van der Waals surface area (Å²) in [5, 5.41) is 2.85. The van der Waals surface area contributed by atoms with Crippen LogP contribution in [0.2, 0.25) is 0 Å². The minimum Gasteiger partial charge on any atom is -0.368 e. The molecule has 4 rings (SSSR count). The van der Waals surface area contributed by atoms with Crippen molar-refractivity contribution in [1.29, 1.82) is 0 Å². The monoisotopic (exact) mass is 420 g/mol. The molecule has 1 aliphatic rings. The van der Waals surface area contributed by atoms with Crippen molar-refractivity contribution in [2.24, 2.45) is 5.73 Å². The Bertz CT molecular complexity index is 1000. The van der Waals surface area contributed by atoms with Gasteiger partial charge in [0.05, 0.1) is 0 Å². The van der Waals surface area contributed by atoms with Crippen molar-refractivity contribution in [2.75, 3.05) is 0 Å². The molecule has 0 aliphatic heterocycles. The van der Waals surface area contributed by atoms with Crippen LogP contribution >= 0.6 is 15.9 Å². The van der Waals surface area contributed by atoms with Gasteiger partial charge in [-0.3, -0.25) is 9.59 Å². The fraction of sp³-hybridized carbons (Fsp3) is 0.0909. The van der Waals surface area contributed by atoms with Crippen LogP contribution in [-0.4, -0.2) is 17.9 Å². The second kappa shape index (κ2) is 7.00. The van der Waals surface area contributed by atoms with E-state index in [1.807, 2.05) is 54.6 Å². The van der Waals surface area contributed by atoms with Gasteiger partial charge in [-0.1, -0.05) is 70.5 Å². The van der Waals surface area contributed by atoms with Crippen LogP contribution in [-0.2, 0) is 4.79 Å². The van der Waals surface area contributed by atoms with Gasteiger partial charge in [-0.15, -0.1) is 0 Å². The summed E-state index contributed by atoms with van der Waals surface area (Å²) in [6.07, 6.45) is 0. The Morgan fingerprint density at radius 1 is 0.889 bits per heavy atom. The minimum atomic E-state index is -0.846. The third kappa shape index (κ3) is 3.15. The Balaban J connectivity index is 1.75. The molecule has 0 heterocycles. The van der Waals surface area contributed by atoms with E-state index in [-0.39, 0.29) is 11.8 Å². The lowest BCUT2D eigenvalue weighted by Crippen LogP contribution is -2.48. The lowest BCUT2D eigenvalue weighted by Gasteiger charge is -2.24. The van der Waals surface area contributed by atoms with Crippen LogP contribution in [0.5, 0.6) is 0 Å². The Hall–Kier alpha value is -2.92. The molecule has 0 bridgehead atoms. The van der Waals surface area contributed by atoms with Crippen molar-refractivity contribution in [3.05, 3.63) is 94.0 Å². The van der Waals surface area contributed by atoms with E-state index in [1.54, 1.807) is 18.2 Å². The fourth-order valence-electron chi connectivity index (χ4n) is 3.73. The lowest BCUT2D eigenvalue weighted by atomic mass is 9.88. The van der Waals surface area contributed by atoms with Crippen molar-refractivity contribution in [3.63, 3.8) is 0 Å². The van der Waals surface area contributed by atoms with Gasteiger partial charge in [-0.05, 0) is 40.5 Å². The number of primary amides is 1. The van der Waals surface area contributed by atoms with Gasteiger partial charge in [0, 0.05) is 16.0 Å². The van der Waals surface area contributed by atoms with Crippen LogP contribution in [0.1, 0.15) is 27.4 Å². The zero-order valence-corrected chi connectivity index (χ0v) is 15.9. The summed E-state index contributed by atoms with van der Waals surface area (Å²) in [7, 11) is 0. The van der Waals surface area contributed by atoms with Crippen LogP contribution < -0.4 is 11.1 Å². The normalized spacial score (nSPS) is 13.5. The van der Waals surface area contributed by atoms with E-state index in [1.165, 1.54) is 0 Å². The summed E-state index contributed by atoms with van der Waals surface area (Å²) in [6, 6.07) is 22.0. The summed E-state index contributed by atoms with van der Waals surface area (Å²) in [5.74, 6) is -1.21. The first kappa shape index (κ1) is 17.5. The standard InChI is InChI=1S/C22H17BrN2O2/c23-14-7-5-6-13(12-14)22(27)25-20(21(24)26)19-17-10-3-1-8-15(17)16-9-2-4-11-18(16)19/h1-12,19-20H,(H2,24,26)(H,25,27)/t20-/m0/s1. The molecule has 0 aromatic heterocycles. The number of hydrogen-bond acceptors (Lipinski definition) is 2. The van der Waals surface area contributed by atoms with Gasteiger partial charge in [0.15, 0.2) is 0 Å². The molecule has 3 aromatic carbocycles. The summed E-state index contributed by atoms with van der Waals surface area (Å²) >= 11 is 3.36. The van der Waals surface area contributed by atoms with Gasteiger partial charge >= 0.3 is 0 Å². The molecule has 27 heavy (non-hydrogen) atoms. The number of carbonyl (C=O) groups is 2. The highest BCUT2D eigenvalue weighted by Crippen LogP contribution is 2.46. The smallest absolute Gasteiger partial charge is 0.251 e. The molecule has 0 unspecified atom stereocenters. The van der Waals surface area contributed by atoms with Crippen molar-refractivity contribution in [1.82, 2.24) is 5.32 Å². The average Bonchev–Trinajstić information content (AvgIpc) is 3.00. The first-order valence-corrected chi connectivity index (χ1v) is 9.39. The molecule has 1 aliphatic carbocycles. The highest BCUT2D eigenvalue weighted by atomic mass is 79.9. The highest BCUT2D eigenvalue weighted by Gasteiger charge is 2.37. The molecular formula is C22H17BrN2O2. The Morgan fingerprint density at radius 3 is 2.04 bits per heavy atom. The Morgan fingerprint density at radius 2 is 1.48 bits per heavy atom. The van der Waals surface area contributed by atoms with E-state index in [0.29, 0.717) is 5.56 Å². The van der Waals surface area contributed by atoms with Crippen molar-refractivity contribution < 1.29 is 9.59 Å². The molecular weight excluding hydrogens is 404 g/mol. The summed E-state index contributed by atoms with van der Waals surface area (Å²) < 4.78 is 0.794. The number of carbonyl (C=O) groups excluding carboxylic acids is 2. The molecule has 0 spiro atoms. The molecule has 0 fully saturated rings. The van der Waals surface area contributed by atoms with Crippen molar-refractivity contribution in [2.45, 2.75) is 12.0 Å². The molecule has 134 valence electrons. The molecule has 1 atom stereocenters. The summed E-state index contributed by atoms with van der Waals surface area (Å²) in [4.78, 5) is 25.1. The van der Waals surface area contributed by atoms with Gasteiger partial charge in [-0.2, -0.15) is 0 Å². The molecule has 4 nitrogen and oxygen atoms in total. The quantitative estimate of drug-likeness (QED) is 0.672. The number of rotatable bonds is 4. The van der Waals surface area contributed by atoms with Crippen LogP contribution in [0.3, 0.4) is 0 Å². The van der Waals surface area contributed by atoms with E-state index in [9.17, 15) is 9.59 Å². The lowest BCUT2D eigenvalue weighted by molar-refractivity contribution is -0.120. The maximum absolute atomic E-state index is 12.8. The third-order valence-electron chi connectivity index (χ3n) is 4.90. The second-order valence-electron chi connectivity index (χ2n) is 6.52. The number of fused-ring (bicyclic) bond motifs is 3. The van der Waals surface area contributed by atoms with Crippen LogP contribution in [0.15, 0.2) is 77.3 Å². The summed E-state index contributed by atoms with van der Waals surface area (Å²) in [5.41, 5.74) is 10.3. The number of benzene rings is 3. The van der Waals surface area contributed by atoms with E-state index < -0.39 is 11.9 Å². The maximum atomic E-state index is 12.8. The zero-order chi connectivity index (χ0) is 19.0. The first-order chi connectivity index (χ1) is 13.1. The maximum Gasteiger partial charge on any atom is 0.251 e. The predicted molar refractivity (Wildman–Crippen MR) is 108 cm³/mol. The molecule has 2 amide bonds.